The van der Waals surface area contributed by atoms with E-state index in [1.807, 2.05) is 6.92 Å². The summed E-state index contributed by atoms with van der Waals surface area (Å²) in [6.45, 7) is 14.6. The Morgan fingerprint density at radius 2 is 1.93 bits per heavy atom. The van der Waals surface area contributed by atoms with Crippen molar-refractivity contribution in [1.29, 1.82) is 0 Å². The van der Waals surface area contributed by atoms with Gasteiger partial charge in [0.25, 0.3) is 0 Å². The molecular formula is C18H30BrClN4O3Si. The van der Waals surface area contributed by atoms with Gasteiger partial charge in [-0.1, -0.05) is 32.4 Å². The molecule has 0 unspecified atom stereocenters. The van der Waals surface area contributed by atoms with Crippen LogP contribution in [0.4, 0.5) is 10.6 Å². The number of piperidine rings is 1. The predicted octanol–water partition coefficient (Wildman–Crippen LogP) is 5.04. The number of amides is 1. The molecule has 1 aliphatic rings. The molecule has 1 amide bonds. The zero-order valence-corrected chi connectivity index (χ0v) is 20.7. The normalized spacial score (nSPS) is 17.5. The van der Waals surface area contributed by atoms with Crippen LogP contribution in [-0.4, -0.2) is 48.1 Å². The highest BCUT2D eigenvalue weighted by Crippen LogP contribution is 2.38. The Hall–Kier alpha value is -0.903. The number of carboxylic acid groups (broad SMARTS) is 1. The molecule has 2 heterocycles. The summed E-state index contributed by atoms with van der Waals surface area (Å²) in [5.41, 5.74) is 0.308. The van der Waals surface area contributed by atoms with Crippen molar-refractivity contribution in [1.82, 2.24) is 15.3 Å². The number of anilines is 1. The van der Waals surface area contributed by atoms with Crippen LogP contribution in [0, 0.1) is 0 Å². The highest BCUT2D eigenvalue weighted by Gasteiger charge is 2.38. The molecule has 2 rings (SSSR count). The van der Waals surface area contributed by atoms with Crippen molar-refractivity contribution >= 4 is 47.8 Å². The van der Waals surface area contributed by atoms with Crippen molar-refractivity contribution in [2.24, 2.45) is 0 Å². The third kappa shape index (κ3) is 5.58. The van der Waals surface area contributed by atoms with Crippen molar-refractivity contribution in [2.45, 2.75) is 70.8 Å². The van der Waals surface area contributed by atoms with Crippen molar-refractivity contribution in [2.75, 3.05) is 18.0 Å². The molecular weight excluding hydrogens is 464 g/mol. The van der Waals surface area contributed by atoms with Gasteiger partial charge in [-0.2, -0.15) is 0 Å². The van der Waals surface area contributed by atoms with E-state index in [1.54, 1.807) is 0 Å². The molecule has 1 fully saturated rings. The van der Waals surface area contributed by atoms with E-state index in [0.29, 0.717) is 48.1 Å². The number of hydrogen-bond acceptors (Lipinski definition) is 5. The predicted molar refractivity (Wildman–Crippen MR) is 118 cm³/mol. The van der Waals surface area contributed by atoms with Crippen LogP contribution in [0.3, 0.4) is 0 Å². The first-order valence-corrected chi connectivity index (χ1v) is 13.4. The van der Waals surface area contributed by atoms with Crippen LogP contribution in [0.2, 0.25) is 23.3 Å². The monoisotopic (exact) mass is 492 g/mol. The Labute approximate surface area is 181 Å². The fourth-order valence-electron chi connectivity index (χ4n) is 2.83. The lowest BCUT2D eigenvalue weighted by Crippen LogP contribution is -2.53. The van der Waals surface area contributed by atoms with Crippen LogP contribution in [0.5, 0.6) is 0 Å². The summed E-state index contributed by atoms with van der Waals surface area (Å²) in [5.74, 6) is 0.712. The second-order valence-electron chi connectivity index (χ2n) is 9.10. The van der Waals surface area contributed by atoms with Crippen LogP contribution < -0.4 is 10.2 Å². The maximum Gasteiger partial charge on any atom is 0.405 e. The largest absolute Gasteiger partial charge is 0.465 e. The third-order valence-corrected chi connectivity index (χ3v) is 11.3. The molecule has 1 aromatic heterocycles. The quantitative estimate of drug-likeness (QED) is 0.559. The summed E-state index contributed by atoms with van der Waals surface area (Å²) in [7, 11) is -1.94. The molecule has 1 saturated heterocycles. The number of nitrogens with one attached hydrogen (secondary N) is 1. The minimum absolute atomic E-state index is 0.0969. The Morgan fingerprint density at radius 3 is 2.43 bits per heavy atom. The Balaban J connectivity index is 2.21. The first kappa shape index (κ1) is 23.4. The average Bonchev–Trinajstić information content (AvgIpc) is 2.54. The summed E-state index contributed by atoms with van der Waals surface area (Å²) < 4.78 is 6.86. The van der Waals surface area contributed by atoms with Gasteiger partial charge in [-0.25, -0.2) is 14.8 Å². The SMILES string of the molecule is CC1(NC(=O)O)CCN(c2nc(Cl)c(Br)nc2CO[Si](C)(C)C(C)(C)C)CC1. The van der Waals surface area contributed by atoms with Gasteiger partial charge >= 0.3 is 6.09 Å². The van der Waals surface area contributed by atoms with Crippen LogP contribution in [0.25, 0.3) is 0 Å². The molecule has 0 spiro atoms. The topological polar surface area (TPSA) is 87.6 Å². The van der Waals surface area contributed by atoms with E-state index < -0.39 is 19.9 Å². The maximum atomic E-state index is 11.0. The molecule has 0 atom stereocenters. The van der Waals surface area contributed by atoms with Gasteiger partial charge in [-0.15, -0.1) is 0 Å². The summed E-state index contributed by atoms with van der Waals surface area (Å²) >= 11 is 9.59. The standard InChI is InChI=1S/C18H30BrClN4O3Si/c1-17(2,3)28(5,6)27-11-12-15(22-14(20)13(19)21-12)24-9-7-18(4,8-10-24)23-16(25)26/h23H,7-11H2,1-6H3,(H,25,26). The van der Waals surface area contributed by atoms with Crippen LogP contribution >= 0.6 is 27.5 Å². The summed E-state index contributed by atoms with van der Waals surface area (Å²) in [5, 5.41) is 12.1. The summed E-state index contributed by atoms with van der Waals surface area (Å²) in [6, 6.07) is 0. The fraction of sp³-hybridized carbons (Fsp3) is 0.722. The number of carbonyl (C=O) groups is 1. The Morgan fingerprint density at radius 1 is 1.36 bits per heavy atom. The van der Waals surface area contributed by atoms with E-state index in [-0.39, 0.29) is 5.04 Å². The minimum Gasteiger partial charge on any atom is -0.465 e. The van der Waals surface area contributed by atoms with Crippen LogP contribution in [-0.2, 0) is 11.0 Å². The van der Waals surface area contributed by atoms with Gasteiger partial charge in [0.2, 0.25) is 0 Å². The van der Waals surface area contributed by atoms with Crippen molar-refractivity contribution < 1.29 is 14.3 Å². The van der Waals surface area contributed by atoms with Gasteiger partial charge < -0.3 is 19.7 Å². The molecule has 10 heteroatoms. The molecule has 1 aromatic rings. The van der Waals surface area contributed by atoms with E-state index in [9.17, 15) is 4.79 Å². The fourth-order valence-corrected chi connectivity index (χ4v) is 4.18. The van der Waals surface area contributed by atoms with Gasteiger partial charge in [-0.3, -0.25) is 0 Å². The van der Waals surface area contributed by atoms with Crippen molar-refractivity contribution in [3.05, 3.63) is 15.5 Å². The Bertz CT molecular complexity index is 734. The van der Waals surface area contributed by atoms with Gasteiger partial charge in [-0.05, 0) is 53.8 Å². The molecule has 0 bridgehead atoms. The summed E-state index contributed by atoms with van der Waals surface area (Å²) in [6.07, 6.45) is 0.361. The van der Waals surface area contributed by atoms with Gasteiger partial charge in [0.15, 0.2) is 19.3 Å². The second-order valence-corrected chi connectivity index (χ2v) is 15.0. The Kier molecular flexibility index (Phi) is 7.06. The zero-order chi connectivity index (χ0) is 21.3. The number of aromatic nitrogens is 2. The molecule has 7 nitrogen and oxygen atoms in total. The van der Waals surface area contributed by atoms with E-state index in [0.717, 1.165) is 5.69 Å². The molecule has 28 heavy (non-hydrogen) atoms. The highest BCUT2D eigenvalue weighted by atomic mass is 79.9. The van der Waals surface area contributed by atoms with Crippen LogP contribution in [0.15, 0.2) is 4.60 Å². The van der Waals surface area contributed by atoms with E-state index in [1.165, 1.54) is 0 Å². The first-order valence-electron chi connectivity index (χ1n) is 9.36. The van der Waals surface area contributed by atoms with Gasteiger partial charge in [0.1, 0.15) is 10.3 Å². The molecule has 0 radical (unpaired) electrons. The molecule has 0 aliphatic carbocycles. The highest BCUT2D eigenvalue weighted by molar-refractivity contribution is 9.10. The average molecular weight is 494 g/mol. The number of rotatable bonds is 5. The van der Waals surface area contributed by atoms with Crippen molar-refractivity contribution in [3.8, 4) is 0 Å². The van der Waals surface area contributed by atoms with E-state index >= 15 is 0 Å². The van der Waals surface area contributed by atoms with Gasteiger partial charge in [0.05, 0.1) is 6.61 Å². The lowest BCUT2D eigenvalue weighted by molar-refractivity contribution is 0.173. The second kappa shape index (κ2) is 8.45. The number of nitrogens with zero attached hydrogens (tertiary/aromatic N) is 3. The molecule has 0 saturated carbocycles. The van der Waals surface area contributed by atoms with Gasteiger partial charge in [0, 0.05) is 18.6 Å². The minimum atomic E-state index is -1.94. The third-order valence-electron chi connectivity index (χ3n) is 5.82. The van der Waals surface area contributed by atoms with Crippen molar-refractivity contribution in [3.63, 3.8) is 0 Å². The lowest BCUT2D eigenvalue weighted by Gasteiger charge is -2.40. The van der Waals surface area contributed by atoms with E-state index in [2.05, 4.69) is 70.0 Å². The molecule has 0 aromatic carbocycles. The molecule has 1 aliphatic heterocycles. The van der Waals surface area contributed by atoms with Crippen LogP contribution in [0.1, 0.15) is 46.2 Å². The number of halogens is 2. The zero-order valence-electron chi connectivity index (χ0n) is 17.4. The first-order chi connectivity index (χ1) is 12.7. The smallest absolute Gasteiger partial charge is 0.405 e. The molecule has 2 N–H and O–H groups in total. The molecule has 158 valence electrons. The lowest BCUT2D eigenvalue weighted by atomic mass is 9.90. The summed E-state index contributed by atoms with van der Waals surface area (Å²) in [4.78, 5) is 22.3. The maximum absolute atomic E-state index is 11.0. The van der Waals surface area contributed by atoms with E-state index in [4.69, 9.17) is 21.1 Å². The number of hydrogen-bond donors (Lipinski definition) is 2.